The largest absolute Gasteiger partial charge is 0.392 e. The minimum Gasteiger partial charge on any atom is -0.392 e. The zero-order valence-electron chi connectivity index (χ0n) is 10.3. The van der Waals surface area contributed by atoms with E-state index >= 15 is 0 Å². The van der Waals surface area contributed by atoms with Crippen LogP contribution in [0.4, 0.5) is 5.82 Å². The monoisotopic (exact) mass is 220 g/mol. The second kappa shape index (κ2) is 5.12. The van der Waals surface area contributed by atoms with E-state index in [0.717, 1.165) is 17.9 Å². The van der Waals surface area contributed by atoms with E-state index in [1.165, 1.54) is 0 Å². The van der Waals surface area contributed by atoms with E-state index in [1.807, 2.05) is 18.2 Å². The predicted octanol–water partition coefficient (Wildman–Crippen LogP) is 2.36. The van der Waals surface area contributed by atoms with Gasteiger partial charge in [0.1, 0.15) is 5.82 Å². The molecule has 88 valence electrons. The summed E-state index contributed by atoms with van der Waals surface area (Å²) in [5.74, 6) is 0.907. The molecule has 0 saturated heterocycles. The number of anilines is 1. The van der Waals surface area contributed by atoms with Crippen LogP contribution in [0.5, 0.6) is 0 Å². The summed E-state index contributed by atoms with van der Waals surface area (Å²) < 4.78 is 0. The van der Waals surface area contributed by atoms with Crippen molar-refractivity contribution < 1.29 is 5.11 Å². The summed E-state index contributed by atoms with van der Waals surface area (Å²) in [6, 6.07) is 3.82. The summed E-state index contributed by atoms with van der Waals surface area (Å²) >= 11 is 0. The number of aromatic nitrogens is 1. The molecule has 3 heteroatoms. The van der Waals surface area contributed by atoms with Gasteiger partial charge >= 0.3 is 0 Å². The Morgan fingerprint density at radius 3 is 2.50 bits per heavy atom. The topological polar surface area (TPSA) is 36.4 Å². The molecule has 0 radical (unpaired) electrons. The molecule has 3 nitrogen and oxygen atoms in total. The minimum absolute atomic E-state index is 0.00191. The van der Waals surface area contributed by atoms with Crippen molar-refractivity contribution in [3.05, 3.63) is 36.5 Å². The van der Waals surface area contributed by atoms with Crippen LogP contribution >= 0.6 is 0 Å². The Bertz CT molecular complexity index is 338. The predicted molar refractivity (Wildman–Crippen MR) is 67.5 cm³/mol. The van der Waals surface area contributed by atoms with Gasteiger partial charge in [-0.15, -0.1) is 6.58 Å². The fourth-order valence-corrected chi connectivity index (χ4v) is 1.51. The van der Waals surface area contributed by atoms with Crippen LogP contribution in [0.25, 0.3) is 0 Å². The number of aliphatic hydroxyl groups excluding tert-OH is 1. The molecule has 0 unspecified atom stereocenters. The van der Waals surface area contributed by atoms with Crippen LogP contribution in [0, 0.1) is 0 Å². The Labute approximate surface area is 97.4 Å². The fraction of sp³-hybridized carbons (Fsp3) is 0.462. The van der Waals surface area contributed by atoms with Gasteiger partial charge in [0.2, 0.25) is 0 Å². The molecular formula is C13H20N2O. The van der Waals surface area contributed by atoms with E-state index in [1.54, 1.807) is 6.20 Å². The lowest BCUT2D eigenvalue weighted by molar-refractivity contribution is 0.281. The third-order valence-corrected chi connectivity index (χ3v) is 2.39. The van der Waals surface area contributed by atoms with Crippen LogP contribution in [0.1, 0.15) is 26.3 Å². The lowest BCUT2D eigenvalue weighted by Gasteiger charge is -2.36. The first-order valence-corrected chi connectivity index (χ1v) is 5.43. The van der Waals surface area contributed by atoms with Crippen LogP contribution in [-0.4, -0.2) is 22.2 Å². The smallest absolute Gasteiger partial charge is 0.129 e. The third-order valence-electron chi connectivity index (χ3n) is 2.39. The van der Waals surface area contributed by atoms with Gasteiger partial charge in [-0.05, 0) is 32.4 Å². The molecule has 0 saturated carbocycles. The van der Waals surface area contributed by atoms with Crippen LogP contribution < -0.4 is 4.90 Å². The molecule has 1 aromatic heterocycles. The average molecular weight is 220 g/mol. The Balaban J connectivity index is 2.97. The van der Waals surface area contributed by atoms with Crippen molar-refractivity contribution in [1.29, 1.82) is 0 Å². The van der Waals surface area contributed by atoms with Crippen molar-refractivity contribution in [2.45, 2.75) is 32.9 Å². The van der Waals surface area contributed by atoms with E-state index in [-0.39, 0.29) is 12.1 Å². The molecule has 1 rings (SSSR count). The lowest BCUT2D eigenvalue weighted by atomic mass is 10.1. The first kappa shape index (κ1) is 12.7. The molecule has 1 aromatic rings. The second-order valence-electron chi connectivity index (χ2n) is 4.75. The van der Waals surface area contributed by atoms with Gasteiger partial charge in [-0.1, -0.05) is 12.1 Å². The molecule has 0 aliphatic rings. The summed E-state index contributed by atoms with van der Waals surface area (Å²) in [6.45, 7) is 11.0. The van der Waals surface area contributed by atoms with Crippen molar-refractivity contribution in [3.8, 4) is 0 Å². The van der Waals surface area contributed by atoms with E-state index in [0.29, 0.717) is 0 Å². The third kappa shape index (κ3) is 3.07. The molecular weight excluding hydrogens is 200 g/mol. The van der Waals surface area contributed by atoms with Crippen LogP contribution in [-0.2, 0) is 6.61 Å². The molecule has 0 aliphatic carbocycles. The molecule has 0 atom stereocenters. The van der Waals surface area contributed by atoms with E-state index in [4.69, 9.17) is 5.11 Å². The number of pyridine rings is 1. The molecule has 0 fully saturated rings. The Morgan fingerprint density at radius 1 is 1.44 bits per heavy atom. The maximum atomic E-state index is 8.96. The fourth-order valence-electron chi connectivity index (χ4n) is 1.51. The summed E-state index contributed by atoms with van der Waals surface area (Å²) in [5, 5.41) is 8.96. The Hall–Kier alpha value is -1.35. The van der Waals surface area contributed by atoms with Crippen molar-refractivity contribution in [1.82, 2.24) is 4.98 Å². The molecule has 0 aliphatic heterocycles. The highest BCUT2D eigenvalue weighted by Crippen LogP contribution is 2.21. The molecule has 16 heavy (non-hydrogen) atoms. The number of rotatable bonds is 4. The highest BCUT2D eigenvalue weighted by Gasteiger charge is 2.21. The lowest BCUT2D eigenvalue weighted by Crippen LogP contribution is -2.42. The van der Waals surface area contributed by atoms with Gasteiger partial charge in [-0.2, -0.15) is 0 Å². The first-order valence-electron chi connectivity index (χ1n) is 5.43. The maximum absolute atomic E-state index is 8.96. The van der Waals surface area contributed by atoms with Crippen molar-refractivity contribution in [3.63, 3.8) is 0 Å². The zero-order valence-corrected chi connectivity index (χ0v) is 10.3. The molecule has 1 heterocycles. The van der Waals surface area contributed by atoms with Crippen molar-refractivity contribution in [2.24, 2.45) is 0 Å². The summed E-state index contributed by atoms with van der Waals surface area (Å²) in [6.07, 6.45) is 3.57. The number of hydrogen-bond acceptors (Lipinski definition) is 3. The summed E-state index contributed by atoms with van der Waals surface area (Å²) in [5.41, 5.74) is 0.832. The van der Waals surface area contributed by atoms with Gasteiger partial charge < -0.3 is 10.0 Å². The first-order chi connectivity index (χ1) is 7.49. The van der Waals surface area contributed by atoms with Gasteiger partial charge in [-0.3, -0.25) is 0 Å². The highest BCUT2D eigenvalue weighted by molar-refractivity contribution is 5.42. The number of hydrogen-bond donors (Lipinski definition) is 1. The normalized spacial score (nSPS) is 11.2. The minimum atomic E-state index is 0.00191. The Morgan fingerprint density at radius 2 is 2.12 bits per heavy atom. The molecule has 0 bridgehead atoms. The van der Waals surface area contributed by atoms with Crippen LogP contribution in [0.2, 0.25) is 0 Å². The van der Waals surface area contributed by atoms with Gasteiger partial charge in [-0.25, -0.2) is 4.98 Å². The number of nitrogens with zero attached hydrogens (tertiary/aromatic N) is 2. The maximum Gasteiger partial charge on any atom is 0.129 e. The molecule has 0 spiro atoms. The zero-order chi connectivity index (χ0) is 12.2. The van der Waals surface area contributed by atoms with Gasteiger partial charge in [0.05, 0.1) is 6.61 Å². The van der Waals surface area contributed by atoms with E-state index in [9.17, 15) is 0 Å². The van der Waals surface area contributed by atoms with Crippen LogP contribution in [0.3, 0.4) is 0 Å². The van der Waals surface area contributed by atoms with E-state index < -0.39 is 0 Å². The molecule has 1 N–H and O–H groups in total. The quantitative estimate of drug-likeness (QED) is 0.791. The van der Waals surface area contributed by atoms with Crippen molar-refractivity contribution >= 4 is 5.82 Å². The summed E-state index contributed by atoms with van der Waals surface area (Å²) in [4.78, 5) is 6.52. The van der Waals surface area contributed by atoms with Crippen molar-refractivity contribution in [2.75, 3.05) is 11.4 Å². The summed E-state index contributed by atoms with van der Waals surface area (Å²) in [7, 11) is 0. The Kier molecular flexibility index (Phi) is 4.07. The average Bonchev–Trinajstić information content (AvgIpc) is 2.25. The molecule has 0 amide bonds. The van der Waals surface area contributed by atoms with Gasteiger partial charge in [0.15, 0.2) is 0 Å². The molecule has 0 aromatic carbocycles. The van der Waals surface area contributed by atoms with Gasteiger partial charge in [0.25, 0.3) is 0 Å². The van der Waals surface area contributed by atoms with Gasteiger partial charge in [0, 0.05) is 18.3 Å². The highest BCUT2D eigenvalue weighted by atomic mass is 16.3. The number of aliphatic hydroxyl groups is 1. The SMILES string of the molecule is C=CCN(c1ccc(CO)cn1)C(C)(C)C. The standard InChI is InChI=1S/C13H20N2O/c1-5-8-15(13(2,3)4)12-7-6-11(10-16)9-14-12/h5-7,9,16H,1,8,10H2,2-4H3. The van der Waals surface area contributed by atoms with Crippen LogP contribution in [0.15, 0.2) is 31.0 Å². The van der Waals surface area contributed by atoms with E-state index in [2.05, 4.69) is 37.2 Å². The second-order valence-corrected chi connectivity index (χ2v) is 4.75.